The molecule has 0 bridgehead atoms. The average Bonchev–Trinajstić information content (AvgIpc) is 2.76. The second-order valence-electron chi connectivity index (χ2n) is 4.31. The number of nitrogens with one attached hydrogen (secondary N) is 1. The smallest absolute Gasteiger partial charge is 0.250 e. The molecule has 4 heteroatoms. The molecule has 0 spiro atoms. The summed E-state index contributed by atoms with van der Waals surface area (Å²) in [5.41, 5.74) is 0.0897. The number of nitrogens with zero attached hydrogens (tertiary/aromatic N) is 2. The molecule has 1 aromatic heterocycles. The van der Waals surface area contributed by atoms with Gasteiger partial charge in [0.05, 0.1) is 0 Å². The first kappa shape index (κ1) is 11.4. The quantitative estimate of drug-likeness (QED) is 0.786. The SMILES string of the molecule is CNC1CCN(CCn2ccccc2=O)C1. The summed E-state index contributed by atoms with van der Waals surface area (Å²) < 4.78 is 1.77. The lowest BCUT2D eigenvalue weighted by atomic mass is 10.3. The van der Waals surface area contributed by atoms with Gasteiger partial charge in [-0.2, -0.15) is 0 Å². The van der Waals surface area contributed by atoms with Crippen molar-refractivity contribution >= 4 is 0 Å². The Morgan fingerprint density at radius 1 is 1.44 bits per heavy atom. The minimum Gasteiger partial charge on any atom is -0.316 e. The maximum Gasteiger partial charge on any atom is 0.250 e. The van der Waals surface area contributed by atoms with Crippen LogP contribution in [0.15, 0.2) is 29.2 Å². The first-order chi connectivity index (χ1) is 7.79. The van der Waals surface area contributed by atoms with E-state index in [1.807, 2.05) is 19.3 Å². The van der Waals surface area contributed by atoms with Gasteiger partial charge >= 0.3 is 0 Å². The Bertz CT molecular complexity index is 388. The van der Waals surface area contributed by atoms with Crippen LogP contribution in [0.2, 0.25) is 0 Å². The Morgan fingerprint density at radius 3 is 3.00 bits per heavy atom. The summed E-state index contributed by atoms with van der Waals surface area (Å²) >= 11 is 0. The molecule has 1 aromatic rings. The van der Waals surface area contributed by atoms with E-state index in [-0.39, 0.29) is 5.56 Å². The highest BCUT2D eigenvalue weighted by molar-refractivity contribution is 4.93. The van der Waals surface area contributed by atoms with Crippen molar-refractivity contribution < 1.29 is 0 Å². The highest BCUT2D eigenvalue weighted by atomic mass is 16.1. The first-order valence-corrected chi connectivity index (χ1v) is 5.84. The molecule has 4 nitrogen and oxygen atoms in total. The number of aromatic nitrogens is 1. The Balaban J connectivity index is 1.85. The third-order valence-electron chi connectivity index (χ3n) is 3.24. The fraction of sp³-hybridized carbons (Fsp3) is 0.583. The van der Waals surface area contributed by atoms with Crippen LogP contribution in [0.4, 0.5) is 0 Å². The van der Waals surface area contributed by atoms with Crippen LogP contribution < -0.4 is 10.9 Å². The Morgan fingerprint density at radius 2 is 2.31 bits per heavy atom. The molecule has 1 unspecified atom stereocenters. The van der Waals surface area contributed by atoms with Gasteiger partial charge in [0.2, 0.25) is 0 Å². The van der Waals surface area contributed by atoms with Crippen LogP contribution in [0.1, 0.15) is 6.42 Å². The van der Waals surface area contributed by atoms with Crippen molar-refractivity contribution in [2.75, 3.05) is 26.7 Å². The predicted molar refractivity (Wildman–Crippen MR) is 64.6 cm³/mol. The molecular weight excluding hydrogens is 202 g/mol. The highest BCUT2D eigenvalue weighted by Gasteiger charge is 2.20. The summed E-state index contributed by atoms with van der Waals surface area (Å²) in [6.07, 6.45) is 3.06. The van der Waals surface area contributed by atoms with Crippen molar-refractivity contribution in [3.63, 3.8) is 0 Å². The first-order valence-electron chi connectivity index (χ1n) is 5.84. The summed E-state index contributed by atoms with van der Waals surface area (Å²) in [6, 6.07) is 5.92. The second kappa shape index (κ2) is 5.27. The van der Waals surface area contributed by atoms with Crippen molar-refractivity contribution in [1.82, 2.24) is 14.8 Å². The lowest BCUT2D eigenvalue weighted by Gasteiger charge is -2.16. The zero-order valence-electron chi connectivity index (χ0n) is 9.72. The predicted octanol–water partition coefficient (Wildman–Crippen LogP) is 0.142. The number of hydrogen-bond donors (Lipinski definition) is 1. The third-order valence-corrected chi connectivity index (χ3v) is 3.24. The molecule has 0 aliphatic carbocycles. The number of pyridine rings is 1. The van der Waals surface area contributed by atoms with Crippen molar-refractivity contribution in [3.8, 4) is 0 Å². The maximum atomic E-state index is 11.5. The summed E-state index contributed by atoms with van der Waals surface area (Å²) in [5.74, 6) is 0. The van der Waals surface area contributed by atoms with E-state index in [1.54, 1.807) is 16.7 Å². The van der Waals surface area contributed by atoms with E-state index in [0.29, 0.717) is 6.04 Å². The van der Waals surface area contributed by atoms with Gasteiger partial charge in [0.1, 0.15) is 0 Å². The molecule has 0 aromatic carbocycles. The number of rotatable bonds is 4. The molecule has 1 N–H and O–H groups in total. The van der Waals surface area contributed by atoms with Crippen LogP contribution in [0, 0.1) is 0 Å². The molecule has 16 heavy (non-hydrogen) atoms. The molecule has 1 aliphatic rings. The highest BCUT2D eigenvalue weighted by Crippen LogP contribution is 2.07. The van der Waals surface area contributed by atoms with Crippen LogP contribution in [0.5, 0.6) is 0 Å². The Kier molecular flexibility index (Phi) is 3.74. The van der Waals surface area contributed by atoms with E-state index in [9.17, 15) is 4.79 Å². The molecule has 0 radical (unpaired) electrons. The average molecular weight is 221 g/mol. The molecule has 1 fully saturated rings. The minimum absolute atomic E-state index is 0.0897. The molecule has 1 aliphatic heterocycles. The molecule has 88 valence electrons. The molecular formula is C12H19N3O. The van der Waals surface area contributed by atoms with Gasteiger partial charge in [-0.1, -0.05) is 6.07 Å². The van der Waals surface area contributed by atoms with Crippen molar-refractivity contribution in [1.29, 1.82) is 0 Å². The molecule has 1 saturated heterocycles. The van der Waals surface area contributed by atoms with Crippen molar-refractivity contribution in [2.45, 2.75) is 19.0 Å². The summed E-state index contributed by atoms with van der Waals surface area (Å²) in [6.45, 7) is 3.98. The number of likely N-dealkylation sites (N-methyl/N-ethyl adjacent to an activating group) is 1. The summed E-state index contributed by atoms with van der Waals surface area (Å²) in [7, 11) is 2.01. The zero-order chi connectivity index (χ0) is 11.4. The van der Waals surface area contributed by atoms with Crippen LogP contribution in [0.3, 0.4) is 0 Å². The van der Waals surface area contributed by atoms with Gasteiger partial charge in [0, 0.05) is 37.9 Å². The standard InChI is InChI=1S/C12H19N3O/c1-13-11-5-7-14(10-11)8-9-15-6-3-2-4-12(15)16/h2-4,6,11,13H,5,7-10H2,1H3. The molecule has 0 amide bonds. The third kappa shape index (κ3) is 2.71. The van der Waals surface area contributed by atoms with Crippen molar-refractivity contribution in [3.05, 3.63) is 34.7 Å². The molecule has 2 rings (SSSR count). The van der Waals surface area contributed by atoms with Crippen LogP contribution in [-0.4, -0.2) is 42.2 Å². The minimum atomic E-state index is 0.0897. The van der Waals surface area contributed by atoms with E-state index >= 15 is 0 Å². The van der Waals surface area contributed by atoms with E-state index in [1.165, 1.54) is 6.42 Å². The second-order valence-corrected chi connectivity index (χ2v) is 4.31. The van der Waals surface area contributed by atoms with Crippen LogP contribution in [0.25, 0.3) is 0 Å². The number of likely N-dealkylation sites (tertiary alicyclic amines) is 1. The topological polar surface area (TPSA) is 37.3 Å². The fourth-order valence-electron chi connectivity index (χ4n) is 2.17. The summed E-state index contributed by atoms with van der Waals surface area (Å²) in [4.78, 5) is 13.9. The van der Waals surface area contributed by atoms with Gasteiger partial charge in [0.15, 0.2) is 0 Å². The van der Waals surface area contributed by atoms with E-state index in [0.717, 1.165) is 26.2 Å². The van der Waals surface area contributed by atoms with E-state index in [2.05, 4.69) is 10.2 Å². The van der Waals surface area contributed by atoms with Gasteiger partial charge in [-0.3, -0.25) is 9.69 Å². The van der Waals surface area contributed by atoms with Crippen LogP contribution in [-0.2, 0) is 6.54 Å². The Hall–Kier alpha value is -1.13. The van der Waals surface area contributed by atoms with E-state index < -0.39 is 0 Å². The van der Waals surface area contributed by atoms with Gasteiger partial charge < -0.3 is 9.88 Å². The van der Waals surface area contributed by atoms with Crippen molar-refractivity contribution in [2.24, 2.45) is 0 Å². The van der Waals surface area contributed by atoms with Gasteiger partial charge in [-0.15, -0.1) is 0 Å². The summed E-state index contributed by atoms with van der Waals surface area (Å²) in [5, 5.41) is 3.29. The van der Waals surface area contributed by atoms with Gasteiger partial charge in [-0.05, 0) is 26.1 Å². The number of hydrogen-bond acceptors (Lipinski definition) is 3. The Labute approximate surface area is 95.9 Å². The molecule has 1 atom stereocenters. The zero-order valence-corrected chi connectivity index (χ0v) is 9.72. The lowest BCUT2D eigenvalue weighted by molar-refractivity contribution is 0.313. The monoisotopic (exact) mass is 221 g/mol. The van der Waals surface area contributed by atoms with Crippen LogP contribution >= 0.6 is 0 Å². The molecule has 0 saturated carbocycles. The largest absolute Gasteiger partial charge is 0.316 e. The fourth-order valence-corrected chi connectivity index (χ4v) is 2.17. The lowest BCUT2D eigenvalue weighted by Crippen LogP contribution is -2.32. The van der Waals surface area contributed by atoms with E-state index in [4.69, 9.17) is 0 Å². The molecule has 2 heterocycles. The van der Waals surface area contributed by atoms with Gasteiger partial charge in [-0.25, -0.2) is 0 Å². The van der Waals surface area contributed by atoms with Gasteiger partial charge in [0.25, 0.3) is 5.56 Å². The maximum absolute atomic E-state index is 11.5. The normalized spacial score (nSPS) is 21.4.